The summed E-state index contributed by atoms with van der Waals surface area (Å²) in [6, 6.07) is 0. The number of aliphatic hydroxyl groups excluding tert-OH is 1. The maximum atomic E-state index is 8.57. The minimum Gasteiger partial charge on any atom is -0.396 e. The number of aliphatic hydroxyl groups is 1. The monoisotopic (exact) mass is 195 g/mol. The largest absolute Gasteiger partial charge is 0.396 e. The third kappa shape index (κ3) is 2.57. The average Bonchev–Trinajstić information content (AvgIpc) is 1.85. The van der Waals surface area contributed by atoms with Crippen LogP contribution in [0.2, 0.25) is 0 Å². The van der Waals surface area contributed by atoms with Gasteiger partial charge in [0.05, 0.1) is 11.8 Å². The molecule has 0 saturated heterocycles. The van der Waals surface area contributed by atoms with E-state index in [1.54, 1.807) is 6.08 Å². The van der Waals surface area contributed by atoms with Crippen molar-refractivity contribution in [1.29, 1.82) is 0 Å². The molecular weight excluding hydrogens is 189 g/mol. The van der Waals surface area contributed by atoms with E-state index in [9.17, 15) is 0 Å². The summed E-state index contributed by atoms with van der Waals surface area (Å²) >= 11 is 11.0. The lowest BCUT2D eigenvalue weighted by molar-refractivity contribution is 0.285. The lowest BCUT2D eigenvalue weighted by atomic mass is 10.3. The third-order valence-electron chi connectivity index (χ3n) is 1.09. The summed E-state index contributed by atoms with van der Waals surface area (Å²) in [7, 11) is 0. The van der Waals surface area contributed by atoms with E-state index in [4.69, 9.17) is 28.5 Å². The van der Waals surface area contributed by atoms with Crippen LogP contribution in [-0.2, 0) is 0 Å². The van der Waals surface area contributed by atoms with Crippen LogP contribution in [0.15, 0.2) is 16.9 Å². The zero-order valence-corrected chi connectivity index (χ0v) is 7.10. The SMILES string of the molecule is OCCC1=CC(Cl)=NN(Cl)N1. The van der Waals surface area contributed by atoms with E-state index in [0.29, 0.717) is 11.6 Å². The average molecular weight is 196 g/mol. The molecule has 0 radical (unpaired) electrons. The molecule has 0 atom stereocenters. The van der Waals surface area contributed by atoms with Crippen molar-refractivity contribution in [3.05, 3.63) is 11.8 Å². The molecular formula is C5H7Cl2N3O. The van der Waals surface area contributed by atoms with E-state index in [1.807, 2.05) is 0 Å². The second-order valence-electron chi connectivity index (χ2n) is 1.94. The molecule has 6 heteroatoms. The predicted octanol–water partition coefficient (Wildman–Crippen LogP) is 0.779. The maximum absolute atomic E-state index is 8.57. The van der Waals surface area contributed by atoms with Gasteiger partial charge in [0, 0.05) is 18.7 Å². The Kier molecular flexibility index (Phi) is 2.99. The van der Waals surface area contributed by atoms with Crippen molar-refractivity contribution in [2.75, 3.05) is 6.61 Å². The van der Waals surface area contributed by atoms with Gasteiger partial charge in [-0.15, -0.1) is 9.74 Å². The lowest BCUT2D eigenvalue weighted by Crippen LogP contribution is -2.29. The number of hydrogen-bond acceptors (Lipinski definition) is 4. The highest BCUT2D eigenvalue weighted by molar-refractivity contribution is 6.68. The molecule has 4 nitrogen and oxygen atoms in total. The van der Waals surface area contributed by atoms with Crippen LogP contribution in [-0.4, -0.2) is 21.5 Å². The van der Waals surface area contributed by atoms with Crippen LogP contribution in [0.3, 0.4) is 0 Å². The normalized spacial score (nSPS) is 17.2. The maximum Gasteiger partial charge on any atom is 0.154 e. The van der Waals surface area contributed by atoms with Gasteiger partial charge < -0.3 is 5.11 Å². The molecule has 62 valence electrons. The number of hydrazone groups is 1. The van der Waals surface area contributed by atoms with Crippen molar-refractivity contribution in [3.63, 3.8) is 0 Å². The summed E-state index contributed by atoms with van der Waals surface area (Å²) in [5.74, 6) is 0. The summed E-state index contributed by atoms with van der Waals surface area (Å²) in [5.41, 5.74) is 3.41. The highest BCUT2D eigenvalue weighted by atomic mass is 35.5. The van der Waals surface area contributed by atoms with Gasteiger partial charge in [-0.05, 0) is 6.08 Å². The van der Waals surface area contributed by atoms with Gasteiger partial charge in [-0.1, -0.05) is 11.6 Å². The van der Waals surface area contributed by atoms with Crippen molar-refractivity contribution < 1.29 is 5.11 Å². The first kappa shape index (κ1) is 8.64. The van der Waals surface area contributed by atoms with Crippen LogP contribution >= 0.6 is 23.4 Å². The summed E-state index contributed by atoms with van der Waals surface area (Å²) < 4.78 is 0.979. The number of hydrazine groups is 1. The zero-order chi connectivity index (χ0) is 8.27. The van der Waals surface area contributed by atoms with Crippen molar-refractivity contribution >= 4 is 28.5 Å². The van der Waals surface area contributed by atoms with Crippen molar-refractivity contribution in [2.24, 2.45) is 5.10 Å². The van der Waals surface area contributed by atoms with Crippen LogP contribution in [0.25, 0.3) is 0 Å². The molecule has 0 saturated carbocycles. The Morgan fingerprint density at radius 3 is 3.00 bits per heavy atom. The van der Waals surface area contributed by atoms with Gasteiger partial charge >= 0.3 is 0 Å². The number of rotatable bonds is 2. The van der Waals surface area contributed by atoms with E-state index in [0.717, 1.165) is 10.3 Å². The van der Waals surface area contributed by atoms with Crippen LogP contribution in [0.5, 0.6) is 0 Å². The molecule has 0 spiro atoms. The molecule has 1 rings (SSSR count). The molecule has 0 amide bonds. The van der Waals surface area contributed by atoms with Gasteiger partial charge in [0.1, 0.15) is 0 Å². The molecule has 0 aromatic heterocycles. The summed E-state index contributed by atoms with van der Waals surface area (Å²) in [5, 5.41) is 12.5. The lowest BCUT2D eigenvalue weighted by Gasteiger charge is -2.18. The molecule has 1 aliphatic heterocycles. The first-order valence-corrected chi connectivity index (χ1v) is 3.72. The van der Waals surface area contributed by atoms with Crippen molar-refractivity contribution in [1.82, 2.24) is 10.1 Å². The van der Waals surface area contributed by atoms with Gasteiger partial charge in [-0.3, -0.25) is 5.43 Å². The Labute approximate surface area is 74.2 Å². The van der Waals surface area contributed by atoms with Gasteiger partial charge in [0.2, 0.25) is 0 Å². The second kappa shape index (κ2) is 3.80. The van der Waals surface area contributed by atoms with Gasteiger partial charge in [-0.25, -0.2) is 0 Å². The number of allylic oxidation sites excluding steroid dienone is 1. The molecule has 0 aliphatic carbocycles. The van der Waals surface area contributed by atoms with E-state index >= 15 is 0 Å². The standard InChI is InChI=1S/C5H7Cl2N3O/c6-5-3-4(1-2-11)8-10(7)9-5/h3,8,11H,1-2H2. The number of halogens is 2. The Morgan fingerprint density at radius 1 is 1.73 bits per heavy atom. The minimum atomic E-state index is 0.0493. The molecule has 0 unspecified atom stereocenters. The smallest absolute Gasteiger partial charge is 0.154 e. The first-order chi connectivity index (χ1) is 5.22. The quantitative estimate of drug-likeness (QED) is 0.641. The van der Waals surface area contributed by atoms with E-state index in [-0.39, 0.29) is 6.61 Å². The summed E-state index contributed by atoms with van der Waals surface area (Å²) in [4.78, 5) is 0. The van der Waals surface area contributed by atoms with E-state index in [2.05, 4.69) is 10.5 Å². The van der Waals surface area contributed by atoms with Crippen LogP contribution in [0, 0.1) is 0 Å². The Balaban J connectivity index is 2.60. The number of nitrogens with one attached hydrogen (secondary N) is 1. The van der Waals surface area contributed by atoms with Crippen LogP contribution in [0.1, 0.15) is 6.42 Å². The number of hydrogen-bond donors (Lipinski definition) is 2. The van der Waals surface area contributed by atoms with Crippen molar-refractivity contribution in [2.45, 2.75) is 6.42 Å². The molecule has 0 bridgehead atoms. The molecule has 0 fully saturated rings. The molecule has 1 heterocycles. The first-order valence-electron chi connectivity index (χ1n) is 3.00. The van der Waals surface area contributed by atoms with Crippen LogP contribution in [0.4, 0.5) is 0 Å². The zero-order valence-electron chi connectivity index (χ0n) is 5.59. The van der Waals surface area contributed by atoms with Gasteiger partial charge in [0.15, 0.2) is 5.17 Å². The van der Waals surface area contributed by atoms with Gasteiger partial charge in [0.25, 0.3) is 0 Å². The fourth-order valence-corrected chi connectivity index (χ4v) is 1.12. The predicted molar refractivity (Wildman–Crippen MR) is 43.9 cm³/mol. The van der Waals surface area contributed by atoms with E-state index < -0.39 is 0 Å². The fourth-order valence-electron chi connectivity index (χ4n) is 0.681. The molecule has 2 N–H and O–H groups in total. The number of nitrogens with zero attached hydrogens (tertiary/aromatic N) is 2. The Morgan fingerprint density at radius 2 is 2.45 bits per heavy atom. The summed E-state index contributed by atoms with van der Waals surface area (Å²) in [6.07, 6.45) is 2.09. The Hall–Kier alpha value is -0.450. The molecule has 11 heavy (non-hydrogen) atoms. The second-order valence-corrected chi connectivity index (χ2v) is 2.65. The van der Waals surface area contributed by atoms with Crippen molar-refractivity contribution in [3.8, 4) is 0 Å². The summed E-state index contributed by atoms with van der Waals surface area (Å²) in [6.45, 7) is 0.0493. The van der Waals surface area contributed by atoms with E-state index in [1.165, 1.54) is 0 Å². The topological polar surface area (TPSA) is 47.9 Å². The molecule has 0 aromatic rings. The minimum absolute atomic E-state index is 0.0493. The highest BCUT2D eigenvalue weighted by Gasteiger charge is 2.08. The Bertz CT molecular complexity index is 204. The highest BCUT2D eigenvalue weighted by Crippen LogP contribution is 2.09. The third-order valence-corrected chi connectivity index (χ3v) is 1.44. The van der Waals surface area contributed by atoms with Gasteiger partial charge in [-0.2, -0.15) is 0 Å². The van der Waals surface area contributed by atoms with Crippen LogP contribution < -0.4 is 5.43 Å². The molecule has 0 aromatic carbocycles. The molecule has 1 aliphatic rings. The fraction of sp³-hybridized carbons (Fsp3) is 0.400.